The van der Waals surface area contributed by atoms with Gasteiger partial charge in [0, 0.05) is 6.20 Å². The quantitative estimate of drug-likeness (QED) is 0.909. The average Bonchev–Trinajstić information content (AvgIpc) is 2.39. The van der Waals surface area contributed by atoms with E-state index in [1.165, 1.54) is 11.6 Å². The van der Waals surface area contributed by atoms with E-state index < -0.39 is 0 Å². The molecule has 2 aromatic rings. The topological polar surface area (TPSA) is 24.9 Å². The molecule has 0 fully saturated rings. The van der Waals surface area contributed by atoms with Crippen LogP contribution in [0.5, 0.6) is 0 Å². The lowest BCUT2D eigenvalue weighted by atomic mass is 9.97. The number of rotatable bonds is 4. The first-order valence-corrected chi connectivity index (χ1v) is 6.53. The molecule has 1 N–H and O–H groups in total. The Labute approximate surface area is 113 Å². The molecule has 0 aliphatic rings. The molecule has 3 heteroatoms. The van der Waals surface area contributed by atoms with Crippen LogP contribution in [0.2, 0.25) is 0 Å². The normalized spacial score (nSPS) is 12.4. The molecule has 0 amide bonds. The van der Waals surface area contributed by atoms with Crippen molar-refractivity contribution in [1.82, 2.24) is 10.3 Å². The minimum Gasteiger partial charge on any atom is -0.308 e. The summed E-state index contributed by atoms with van der Waals surface area (Å²) in [5.74, 6) is -0.204. The van der Waals surface area contributed by atoms with Gasteiger partial charge in [-0.25, -0.2) is 4.39 Å². The third-order valence-corrected chi connectivity index (χ3v) is 3.27. The summed E-state index contributed by atoms with van der Waals surface area (Å²) >= 11 is 0. The molecule has 0 saturated carbocycles. The summed E-state index contributed by atoms with van der Waals surface area (Å²) in [6.07, 6.45) is 2.70. The van der Waals surface area contributed by atoms with E-state index in [9.17, 15) is 4.39 Å². The first kappa shape index (κ1) is 13.7. The molecule has 1 unspecified atom stereocenters. The van der Waals surface area contributed by atoms with E-state index in [4.69, 9.17) is 0 Å². The molecule has 2 rings (SSSR count). The zero-order valence-electron chi connectivity index (χ0n) is 11.6. The summed E-state index contributed by atoms with van der Waals surface area (Å²) in [5.41, 5.74) is 3.99. The summed E-state index contributed by atoms with van der Waals surface area (Å²) in [5, 5.41) is 3.23. The zero-order chi connectivity index (χ0) is 13.8. The molecule has 19 heavy (non-hydrogen) atoms. The van der Waals surface area contributed by atoms with Crippen LogP contribution >= 0.6 is 0 Å². The van der Waals surface area contributed by atoms with Crippen LogP contribution in [-0.4, -0.2) is 12.0 Å². The van der Waals surface area contributed by atoms with Crippen molar-refractivity contribution >= 4 is 0 Å². The molecule has 1 atom stereocenters. The van der Waals surface area contributed by atoms with Gasteiger partial charge in [0.25, 0.3) is 0 Å². The van der Waals surface area contributed by atoms with E-state index in [0.29, 0.717) is 0 Å². The smallest absolute Gasteiger partial charge is 0.123 e. The number of nitrogens with zero attached hydrogens (tertiary/aromatic N) is 1. The zero-order valence-corrected chi connectivity index (χ0v) is 11.6. The summed E-state index contributed by atoms with van der Waals surface area (Å²) in [4.78, 5) is 4.47. The lowest BCUT2D eigenvalue weighted by Gasteiger charge is -2.19. The third kappa shape index (κ3) is 2.99. The van der Waals surface area contributed by atoms with E-state index in [2.05, 4.69) is 23.3 Å². The van der Waals surface area contributed by atoms with E-state index in [-0.39, 0.29) is 11.9 Å². The molecular weight excluding hydrogens is 239 g/mol. The maximum atomic E-state index is 13.6. The Bertz CT molecular complexity index is 546. The van der Waals surface area contributed by atoms with E-state index in [0.717, 1.165) is 23.2 Å². The fourth-order valence-electron chi connectivity index (χ4n) is 2.40. The van der Waals surface area contributed by atoms with Gasteiger partial charge in [-0.1, -0.05) is 19.1 Å². The molecular formula is C16H19FN2. The van der Waals surface area contributed by atoms with Gasteiger partial charge >= 0.3 is 0 Å². The molecule has 1 heterocycles. The Morgan fingerprint density at radius 3 is 2.74 bits per heavy atom. The van der Waals surface area contributed by atoms with Crippen LogP contribution in [0, 0.1) is 12.7 Å². The minimum absolute atomic E-state index is 0.0782. The number of aromatic nitrogens is 1. The van der Waals surface area contributed by atoms with Crippen molar-refractivity contribution in [2.75, 3.05) is 7.05 Å². The van der Waals surface area contributed by atoms with Crippen LogP contribution in [0.25, 0.3) is 0 Å². The largest absolute Gasteiger partial charge is 0.308 e. The first-order chi connectivity index (χ1) is 9.15. The van der Waals surface area contributed by atoms with Crippen molar-refractivity contribution in [3.63, 3.8) is 0 Å². The molecule has 0 spiro atoms. The molecule has 1 aromatic heterocycles. The molecule has 100 valence electrons. The Morgan fingerprint density at radius 2 is 2.11 bits per heavy atom. The van der Waals surface area contributed by atoms with Crippen LogP contribution in [0.3, 0.4) is 0 Å². The SMILES string of the molecule is CCc1cccnc1C(NC)c1cc(C)cc(F)c1. The standard InChI is InChI=1S/C16H19FN2/c1-4-12-6-5-7-19-16(12)15(18-3)13-8-11(2)9-14(17)10-13/h5-10,15,18H,4H2,1-3H3. The fraction of sp³-hybridized carbons (Fsp3) is 0.312. The Hall–Kier alpha value is -1.74. The summed E-state index contributed by atoms with van der Waals surface area (Å²) in [6, 6.07) is 9.03. The number of pyridine rings is 1. The number of hydrogen-bond acceptors (Lipinski definition) is 2. The van der Waals surface area contributed by atoms with Crippen molar-refractivity contribution in [1.29, 1.82) is 0 Å². The summed E-state index contributed by atoms with van der Waals surface area (Å²) in [7, 11) is 1.87. The van der Waals surface area contributed by atoms with E-state index >= 15 is 0 Å². The highest BCUT2D eigenvalue weighted by Gasteiger charge is 2.17. The molecule has 2 nitrogen and oxygen atoms in total. The first-order valence-electron chi connectivity index (χ1n) is 6.53. The maximum Gasteiger partial charge on any atom is 0.123 e. The van der Waals surface area contributed by atoms with Gasteiger partial charge in [0.15, 0.2) is 0 Å². The van der Waals surface area contributed by atoms with Crippen molar-refractivity contribution in [2.24, 2.45) is 0 Å². The summed E-state index contributed by atoms with van der Waals surface area (Å²) in [6.45, 7) is 4.00. The highest BCUT2D eigenvalue weighted by Crippen LogP contribution is 2.24. The van der Waals surface area contributed by atoms with Gasteiger partial charge in [0.05, 0.1) is 11.7 Å². The molecule has 0 bridgehead atoms. The number of aryl methyl sites for hydroxylation is 2. The predicted octanol–water partition coefficient (Wildman–Crippen LogP) is 3.40. The molecule has 0 saturated heterocycles. The Balaban J connectivity index is 2.49. The van der Waals surface area contributed by atoms with Crippen LogP contribution in [-0.2, 0) is 6.42 Å². The maximum absolute atomic E-state index is 13.6. The minimum atomic E-state index is -0.204. The van der Waals surface area contributed by atoms with Gasteiger partial charge < -0.3 is 5.32 Å². The van der Waals surface area contributed by atoms with Gasteiger partial charge in [0.2, 0.25) is 0 Å². The van der Waals surface area contributed by atoms with E-state index in [1.54, 1.807) is 12.3 Å². The van der Waals surface area contributed by atoms with Gasteiger partial charge in [0.1, 0.15) is 5.82 Å². The molecule has 0 radical (unpaired) electrons. The third-order valence-electron chi connectivity index (χ3n) is 3.27. The Kier molecular flexibility index (Phi) is 4.27. The molecule has 0 aliphatic carbocycles. The van der Waals surface area contributed by atoms with Crippen molar-refractivity contribution < 1.29 is 4.39 Å². The Morgan fingerprint density at radius 1 is 1.32 bits per heavy atom. The van der Waals surface area contributed by atoms with Crippen LogP contribution in [0.1, 0.15) is 35.3 Å². The van der Waals surface area contributed by atoms with E-state index in [1.807, 2.05) is 26.1 Å². The second-order valence-electron chi connectivity index (χ2n) is 4.68. The lowest BCUT2D eigenvalue weighted by molar-refractivity contribution is 0.611. The molecule has 0 aliphatic heterocycles. The van der Waals surface area contributed by atoms with Crippen LogP contribution < -0.4 is 5.32 Å². The molecule has 1 aromatic carbocycles. The second kappa shape index (κ2) is 5.93. The number of benzene rings is 1. The number of nitrogens with one attached hydrogen (secondary N) is 1. The van der Waals surface area contributed by atoms with Gasteiger partial charge in [-0.3, -0.25) is 4.98 Å². The number of halogens is 1. The van der Waals surface area contributed by atoms with Crippen molar-refractivity contribution in [3.8, 4) is 0 Å². The monoisotopic (exact) mass is 258 g/mol. The van der Waals surface area contributed by atoms with Gasteiger partial charge in [-0.05, 0) is 55.3 Å². The van der Waals surface area contributed by atoms with Crippen molar-refractivity contribution in [2.45, 2.75) is 26.3 Å². The second-order valence-corrected chi connectivity index (χ2v) is 4.68. The fourth-order valence-corrected chi connectivity index (χ4v) is 2.40. The lowest BCUT2D eigenvalue weighted by Crippen LogP contribution is -2.20. The highest BCUT2D eigenvalue weighted by atomic mass is 19.1. The average molecular weight is 258 g/mol. The van der Waals surface area contributed by atoms with Crippen LogP contribution in [0.15, 0.2) is 36.5 Å². The predicted molar refractivity (Wildman–Crippen MR) is 75.7 cm³/mol. The van der Waals surface area contributed by atoms with Crippen molar-refractivity contribution in [3.05, 3.63) is 64.7 Å². The van der Waals surface area contributed by atoms with Gasteiger partial charge in [-0.15, -0.1) is 0 Å². The van der Waals surface area contributed by atoms with Crippen LogP contribution in [0.4, 0.5) is 4.39 Å². The summed E-state index contributed by atoms with van der Waals surface area (Å²) < 4.78 is 13.6. The highest BCUT2D eigenvalue weighted by molar-refractivity contribution is 5.35. The van der Waals surface area contributed by atoms with Gasteiger partial charge in [-0.2, -0.15) is 0 Å². The number of hydrogen-bond donors (Lipinski definition) is 1.